The van der Waals surface area contributed by atoms with Gasteiger partial charge in [0, 0.05) is 26.1 Å². The Kier molecular flexibility index (Phi) is 5.41. The second kappa shape index (κ2) is 6.59. The molecule has 1 heterocycles. The van der Waals surface area contributed by atoms with Crippen molar-refractivity contribution in [1.82, 2.24) is 9.80 Å². The molecule has 1 aliphatic heterocycles. The van der Waals surface area contributed by atoms with Crippen LogP contribution in [0.5, 0.6) is 0 Å². The Bertz CT molecular complexity index is 271. The van der Waals surface area contributed by atoms with E-state index in [9.17, 15) is 9.59 Å². The maximum absolute atomic E-state index is 11.7. The van der Waals surface area contributed by atoms with Crippen molar-refractivity contribution in [2.75, 3.05) is 33.7 Å². The largest absolute Gasteiger partial charge is 0.481 e. The molecular formula is C12H22N2O3. The van der Waals surface area contributed by atoms with Gasteiger partial charge in [-0.25, -0.2) is 0 Å². The summed E-state index contributed by atoms with van der Waals surface area (Å²) in [7, 11) is 4.12. The SMILES string of the molecule is CN(C)CC1CCN(C(=O)CCC(=O)O)CC1. The van der Waals surface area contributed by atoms with Crippen molar-refractivity contribution < 1.29 is 14.7 Å². The number of amides is 1. The van der Waals surface area contributed by atoms with E-state index in [0.29, 0.717) is 5.92 Å². The van der Waals surface area contributed by atoms with Crippen molar-refractivity contribution in [3.8, 4) is 0 Å². The van der Waals surface area contributed by atoms with E-state index in [-0.39, 0.29) is 18.7 Å². The average Bonchev–Trinajstić information content (AvgIpc) is 2.26. The van der Waals surface area contributed by atoms with Crippen LogP contribution in [-0.2, 0) is 9.59 Å². The van der Waals surface area contributed by atoms with Gasteiger partial charge >= 0.3 is 5.97 Å². The number of likely N-dealkylation sites (tertiary alicyclic amines) is 1. The van der Waals surface area contributed by atoms with E-state index < -0.39 is 5.97 Å². The standard InChI is InChI=1S/C12H22N2O3/c1-13(2)9-10-5-7-14(8-6-10)11(15)3-4-12(16)17/h10H,3-9H2,1-2H3,(H,16,17). The van der Waals surface area contributed by atoms with Crippen LogP contribution in [0.15, 0.2) is 0 Å². The van der Waals surface area contributed by atoms with Gasteiger partial charge in [-0.05, 0) is 32.9 Å². The molecule has 17 heavy (non-hydrogen) atoms. The van der Waals surface area contributed by atoms with Crippen molar-refractivity contribution in [3.05, 3.63) is 0 Å². The van der Waals surface area contributed by atoms with E-state index in [1.54, 1.807) is 4.90 Å². The van der Waals surface area contributed by atoms with Crippen LogP contribution in [0, 0.1) is 5.92 Å². The fourth-order valence-corrected chi connectivity index (χ4v) is 2.25. The fourth-order valence-electron chi connectivity index (χ4n) is 2.25. The molecule has 0 aromatic carbocycles. The lowest BCUT2D eigenvalue weighted by molar-refractivity contribution is -0.141. The molecule has 1 rings (SSSR count). The predicted molar refractivity (Wildman–Crippen MR) is 64.7 cm³/mol. The van der Waals surface area contributed by atoms with E-state index in [4.69, 9.17) is 5.11 Å². The van der Waals surface area contributed by atoms with Crippen molar-refractivity contribution in [3.63, 3.8) is 0 Å². The third kappa shape index (κ3) is 5.17. The molecule has 0 saturated carbocycles. The van der Waals surface area contributed by atoms with Gasteiger partial charge in [-0.2, -0.15) is 0 Å². The lowest BCUT2D eigenvalue weighted by atomic mass is 9.96. The Labute approximate surface area is 102 Å². The first kappa shape index (κ1) is 14.0. The van der Waals surface area contributed by atoms with Crippen molar-refractivity contribution in [2.24, 2.45) is 5.92 Å². The monoisotopic (exact) mass is 242 g/mol. The molecule has 1 amide bonds. The first-order valence-electron chi connectivity index (χ1n) is 6.13. The van der Waals surface area contributed by atoms with Crippen LogP contribution in [0.1, 0.15) is 25.7 Å². The second-order valence-corrected chi connectivity index (χ2v) is 4.98. The maximum atomic E-state index is 11.7. The molecule has 0 aromatic rings. The van der Waals surface area contributed by atoms with Crippen molar-refractivity contribution in [2.45, 2.75) is 25.7 Å². The summed E-state index contributed by atoms with van der Waals surface area (Å²) in [6, 6.07) is 0. The number of carbonyl (C=O) groups excluding carboxylic acids is 1. The van der Waals surface area contributed by atoms with Crippen molar-refractivity contribution in [1.29, 1.82) is 0 Å². The van der Waals surface area contributed by atoms with E-state index in [1.165, 1.54) is 0 Å². The highest BCUT2D eigenvalue weighted by Gasteiger charge is 2.23. The molecule has 1 saturated heterocycles. The quantitative estimate of drug-likeness (QED) is 0.769. The Balaban J connectivity index is 2.26. The minimum absolute atomic E-state index is 0.0179. The van der Waals surface area contributed by atoms with Crippen LogP contribution in [-0.4, -0.2) is 60.5 Å². The average molecular weight is 242 g/mol. The molecule has 0 aliphatic carbocycles. The Morgan fingerprint density at radius 2 is 1.82 bits per heavy atom. The normalized spacial score (nSPS) is 17.5. The van der Waals surface area contributed by atoms with Gasteiger partial charge in [-0.15, -0.1) is 0 Å². The van der Waals surface area contributed by atoms with E-state index in [0.717, 1.165) is 32.5 Å². The zero-order valence-electron chi connectivity index (χ0n) is 10.7. The molecule has 0 spiro atoms. The Hall–Kier alpha value is -1.10. The van der Waals surface area contributed by atoms with Gasteiger partial charge in [0.05, 0.1) is 6.42 Å². The molecular weight excluding hydrogens is 220 g/mol. The molecule has 5 nitrogen and oxygen atoms in total. The molecule has 1 fully saturated rings. The number of piperidine rings is 1. The Morgan fingerprint density at radius 3 is 2.29 bits per heavy atom. The highest BCUT2D eigenvalue weighted by Crippen LogP contribution is 2.18. The van der Waals surface area contributed by atoms with E-state index >= 15 is 0 Å². The van der Waals surface area contributed by atoms with Crippen LogP contribution >= 0.6 is 0 Å². The molecule has 98 valence electrons. The summed E-state index contributed by atoms with van der Waals surface area (Å²) < 4.78 is 0. The number of hydrogen-bond donors (Lipinski definition) is 1. The predicted octanol–water partition coefficient (Wildman–Crippen LogP) is 0.651. The number of carboxylic acid groups (broad SMARTS) is 1. The topological polar surface area (TPSA) is 60.9 Å². The number of carbonyl (C=O) groups is 2. The summed E-state index contributed by atoms with van der Waals surface area (Å²) in [5.41, 5.74) is 0. The summed E-state index contributed by atoms with van der Waals surface area (Å²) in [5, 5.41) is 8.53. The number of carboxylic acids is 1. The maximum Gasteiger partial charge on any atom is 0.303 e. The van der Waals surface area contributed by atoms with Crippen LogP contribution in [0.2, 0.25) is 0 Å². The molecule has 0 atom stereocenters. The summed E-state index contributed by atoms with van der Waals surface area (Å²) in [4.78, 5) is 26.0. The Morgan fingerprint density at radius 1 is 1.24 bits per heavy atom. The zero-order chi connectivity index (χ0) is 12.8. The number of hydrogen-bond acceptors (Lipinski definition) is 3. The third-order valence-electron chi connectivity index (χ3n) is 3.14. The van der Waals surface area contributed by atoms with Gasteiger partial charge in [0.15, 0.2) is 0 Å². The molecule has 1 aliphatic rings. The fraction of sp³-hybridized carbons (Fsp3) is 0.833. The van der Waals surface area contributed by atoms with Crippen LogP contribution in [0.3, 0.4) is 0 Å². The number of aliphatic carboxylic acids is 1. The molecule has 0 bridgehead atoms. The summed E-state index contributed by atoms with van der Waals surface area (Å²) in [5.74, 6) is -0.259. The molecule has 0 aromatic heterocycles. The minimum Gasteiger partial charge on any atom is -0.481 e. The third-order valence-corrected chi connectivity index (χ3v) is 3.14. The number of nitrogens with zero attached hydrogens (tertiary/aromatic N) is 2. The van der Waals surface area contributed by atoms with Crippen LogP contribution < -0.4 is 0 Å². The minimum atomic E-state index is -0.902. The summed E-state index contributed by atoms with van der Waals surface area (Å²) in [6.45, 7) is 2.62. The highest BCUT2D eigenvalue weighted by atomic mass is 16.4. The molecule has 1 N–H and O–H groups in total. The summed E-state index contributed by atoms with van der Waals surface area (Å²) in [6.07, 6.45) is 2.12. The van der Waals surface area contributed by atoms with Crippen molar-refractivity contribution >= 4 is 11.9 Å². The van der Waals surface area contributed by atoms with Gasteiger partial charge < -0.3 is 14.9 Å². The van der Waals surface area contributed by atoms with Gasteiger partial charge in [0.1, 0.15) is 0 Å². The number of rotatable bonds is 5. The lowest BCUT2D eigenvalue weighted by Crippen LogP contribution is -2.40. The first-order valence-corrected chi connectivity index (χ1v) is 6.13. The lowest BCUT2D eigenvalue weighted by Gasteiger charge is -2.33. The smallest absolute Gasteiger partial charge is 0.303 e. The van der Waals surface area contributed by atoms with Gasteiger partial charge in [0.25, 0.3) is 0 Å². The van der Waals surface area contributed by atoms with Gasteiger partial charge in [-0.1, -0.05) is 0 Å². The molecule has 5 heteroatoms. The van der Waals surface area contributed by atoms with Crippen LogP contribution in [0.25, 0.3) is 0 Å². The molecule has 0 radical (unpaired) electrons. The van der Waals surface area contributed by atoms with E-state index in [2.05, 4.69) is 19.0 Å². The molecule has 0 unspecified atom stereocenters. The van der Waals surface area contributed by atoms with E-state index in [1.807, 2.05) is 0 Å². The first-order chi connectivity index (χ1) is 7.99. The van der Waals surface area contributed by atoms with Gasteiger partial charge in [0.2, 0.25) is 5.91 Å². The van der Waals surface area contributed by atoms with Gasteiger partial charge in [-0.3, -0.25) is 9.59 Å². The highest BCUT2D eigenvalue weighted by molar-refractivity contribution is 5.80. The second-order valence-electron chi connectivity index (χ2n) is 4.98. The van der Waals surface area contributed by atoms with Crippen LogP contribution in [0.4, 0.5) is 0 Å². The zero-order valence-corrected chi connectivity index (χ0v) is 10.7. The summed E-state index contributed by atoms with van der Waals surface area (Å²) >= 11 is 0.